The minimum absolute atomic E-state index is 0.339. The van der Waals surface area contributed by atoms with Crippen LogP contribution in [0.25, 0.3) is 0 Å². The van der Waals surface area contributed by atoms with Crippen LogP contribution in [0.15, 0.2) is 54.6 Å². The SMILES string of the molecule is CC(C)(NC(=O)N(O)c1ccccc1)c1ccc(F)cc1. The van der Waals surface area contributed by atoms with Crippen molar-refractivity contribution in [2.45, 2.75) is 19.4 Å². The maximum atomic E-state index is 13.0. The topological polar surface area (TPSA) is 52.6 Å². The predicted molar refractivity (Wildman–Crippen MR) is 78.7 cm³/mol. The molecule has 0 unspecified atom stereocenters. The summed E-state index contributed by atoms with van der Waals surface area (Å²) in [6.07, 6.45) is 0. The Morgan fingerprint density at radius 2 is 1.67 bits per heavy atom. The van der Waals surface area contributed by atoms with Crippen LogP contribution in [0.5, 0.6) is 0 Å². The monoisotopic (exact) mass is 288 g/mol. The highest BCUT2D eigenvalue weighted by Gasteiger charge is 2.25. The van der Waals surface area contributed by atoms with Crippen molar-refractivity contribution >= 4 is 11.7 Å². The van der Waals surface area contributed by atoms with Gasteiger partial charge < -0.3 is 5.32 Å². The number of para-hydroxylation sites is 1. The molecule has 0 aromatic heterocycles. The number of hydrogen-bond acceptors (Lipinski definition) is 2. The first kappa shape index (κ1) is 15.0. The van der Waals surface area contributed by atoms with Crippen molar-refractivity contribution in [3.63, 3.8) is 0 Å². The maximum absolute atomic E-state index is 13.0. The molecule has 2 aromatic rings. The smallest absolute Gasteiger partial charge is 0.327 e. The number of nitrogens with one attached hydrogen (secondary N) is 1. The van der Waals surface area contributed by atoms with Gasteiger partial charge in [0.25, 0.3) is 0 Å². The van der Waals surface area contributed by atoms with E-state index >= 15 is 0 Å². The molecule has 0 fully saturated rings. The van der Waals surface area contributed by atoms with E-state index in [2.05, 4.69) is 5.32 Å². The predicted octanol–water partition coefficient (Wildman–Crippen LogP) is 3.67. The fraction of sp³-hybridized carbons (Fsp3) is 0.188. The van der Waals surface area contributed by atoms with Crippen LogP contribution in [0.4, 0.5) is 14.9 Å². The summed E-state index contributed by atoms with van der Waals surface area (Å²) in [5.74, 6) is -0.339. The zero-order valence-electron chi connectivity index (χ0n) is 11.9. The third kappa shape index (κ3) is 3.58. The molecule has 0 aliphatic heterocycles. The lowest BCUT2D eigenvalue weighted by molar-refractivity contribution is 0.195. The van der Waals surface area contributed by atoms with Gasteiger partial charge in [-0.3, -0.25) is 5.21 Å². The molecule has 2 rings (SSSR count). The number of benzene rings is 2. The molecule has 0 aliphatic rings. The second kappa shape index (κ2) is 5.93. The number of urea groups is 1. The number of rotatable bonds is 3. The number of amides is 2. The Kier molecular flexibility index (Phi) is 4.23. The molecule has 5 heteroatoms. The fourth-order valence-corrected chi connectivity index (χ4v) is 1.95. The van der Waals surface area contributed by atoms with Gasteiger partial charge in [-0.15, -0.1) is 0 Å². The summed E-state index contributed by atoms with van der Waals surface area (Å²) in [6, 6.07) is 13.7. The standard InChI is InChI=1S/C16H17FN2O2/c1-16(2,12-8-10-13(17)11-9-12)18-15(20)19(21)14-6-4-3-5-7-14/h3-11,21H,1-2H3,(H,18,20). The zero-order chi connectivity index (χ0) is 15.5. The number of carbonyl (C=O) groups is 1. The van der Waals surface area contributed by atoms with Crippen molar-refractivity contribution in [1.82, 2.24) is 5.32 Å². The van der Waals surface area contributed by atoms with E-state index in [1.165, 1.54) is 12.1 Å². The summed E-state index contributed by atoms with van der Waals surface area (Å²) >= 11 is 0. The van der Waals surface area contributed by atoms with Gasteiger partial charge in [-0.25, -0.2) is 9.18 Å². The molecular weight excluding hydrogens is 271 g/mol. The maximum Gasteiger partial charge on any atom is 0.346 e. The van der Waals surface area contributed by atoms with Crippen LogP contribution < -0.4 is 10.4 Å². The van der Waals surface area contributed by atoms with Crippen LogP contribution >= 0.6 is 0 Å². The molecule has 0 bridgehead atoms. The van der Waals surface area contributed by atoms with Gasteiger partial charge in [-0.05, 0) is 43.7 Å². The number of nitrogens with zero attached hydrogens (tertiary/aromatic N) is 1. The summed E-state index contributed by atoms with van der Waals surface area (Å²) in [5, 5.41) is 13.2. The van der Waals surface area contributed by atoms with E-state index in [0.717, 1.165) is 5.56 Å². The van der Waals surface area contributed by atoms with E-state index in [1.54, 1.807) is 56.3 Å². The fourth-order valence-electron chi connectivity index (χ4n) is 1.95. The molecule has 0 radical (unpaired) electrons. The molecule has 0 heterocycles. The zero-order valence-corrected chi connectivity index (χ0v) is 11.9. The van der Waals surface area contributed by atoms with Crippen LogP contribution in [0.2, 0.25) is 0 Å². The number of halogens is 1. The lowest BCUT2D eigenvalue weighted by Gasteiger charge is -2.29. The van der Waals surface area contributed by atoms with Gasteiger partial charge >= 0.3 is 6.03 Å². The van der Waals surface area contributed by atoms with Gasteiger partial charge in [0, 0.05) is 0 Å². The molecule has 2 N–H and O–H groups in total. The van der Waals surface area contributed by atoms with Gasteiger partial charge in [-0.2, -0.15) is 5.06 Å². The summed E-state index contributed by atoms with van der Waals surface area (Å²) in [4.78, 5) is 12.1. The molecule has 4 nitrogen and oxygen atoms in total. The molecular formula is C16H17FN2O2. The number of hydrogen-bond donors (Lipinski definition) is 2. The highest BCUT2D eigenvalue weighted by molar-refractivity contribution is 5.90. The Morgan fingerprint density at radius 3 is 2.24 bits per heavy atom. The molecule has 0 spiro atoms. The highest BCUT2D eigenvalue weighted by Crippen LogP contribution is 2.21. The van der Waals surface area contributed by atoms with Crippen LogP contribution in [0, 0.1) is 5.82 Å². The second-order valence-electron chi connectivity index (χ2n) is 5.21. The van der Waals surface area contributed by atoms with Gasteiger partial charge in [0.2, 0.25) is 0 Å². The largest absolute Gasteiger partial charge is 0.346 e. The summed E-state index contributed by atoms with van der Waals surface area (Å²) in [6.45, 7) is 3.55. The van der Waals surface area contributed by atoms with Crippen LogP contribution in [0.1, 0.15) is 19.4 Å². The molecule has 110 valence electrons. The first-order valence-electron chi connectivity index (χ1n) is 6.52. The number of carbonyl (C=O) groups excluding carboxylic acids is 1. The van der Waals surface area contributed by atoms with E-state index in [1.807, 2.05) is 0 Å². The lowest BCUT2D eigenvalue weighted by Crippen LogP contribution is -2.47. The lowest BCUT2D eigenvalue weighted by atomic mass is 9.94. The van der Waals surface area contributed by atoms with Crippen molar-refractivity contribution in [2.24, 2.45) is 0 Å². The van der Waals surface area contributed by atoms with Crippen LogP contribution in [-0.4, -0.2) is 11.2 Å². The van der Waals surface area contributed by atoms with E-state index < -0.39 is 11.6 Å². The van der Waals surface area contributed by atoms with Crippen molar-refractivity contribution in [2.75, 3.05) is 5.06 Å². The average Bonchev–Trinajstić information content (AvgIpc) is 2.47. The van der Waals surface area contributed by atoms with Crippen molar-refractivity contribution < 1.29 is 14.4 Å². The third-order valence-electron chi connectivity index (χ3n) is 3.18. The normalized spacial score (nSPS) is 11.0. The molecule has 0 aliphatic carbocycles. The van der Waals surface area contributed by atoms with E-state index in [0.29, 0.717) is 10.8 Å². The minimum atomic E-state index is -0.749. The van der Waals surface area contributed by atoms with E-state index in [4.69, 9.17) is 0 Å². The van der Waals surface area contributed by atoms with Crippen molar-refractivity contribution in [1.29, 1.82) is 0 Å². The molecule has 0 saturated heterocycles. The number of anilines is 1. The third-order valence-corrected chi connectivity index (χ3v) is 3.18. The quantitative estimate of drug-likeness (QED) is 0.669. The molecule has 0 atom stereocenters. The molecule has 0 saturated carbocycles. The first-order valence-corrected chi connectivity index (χ1v) is 6.52. The van der Waals surface area contributed by atoms with Gasteiger partial charge in [-0.1, -0.05) is 30.3 Å². The van der Waals surface area contributed by atoms with Crippen LogP contribution in [0.3, 0.4) is 0 Å². The Bertz CT molecular complexity index is 612. The molecule has 2 aromatic carbocycles. The second-order valence-corrected chi connectivity index (χ2v) is 5.21. The number of hydroxylamine groups is 1. The summed E-state index contributed by atoms with van der Waals surface area (Å²) in [7, 11) is 0. The Labute approximate surface area is 122 Å². The van der Waals surface area contributed by atoms with E-state index in [9.17, 15) is 14.4 Å². The Balaban J connectivity index is 2.12. The Morgan fingerprint density at radius 1 is 1.10 bits per heavy atom. The van der Waals surface area contributed by atoms with Gasteiger partial charge in [0.1, 0.15) is 5.82 Å². The van der Waals surface area contributed by atoms with Crippen molar-refractivity contribution in [3.8, 4) is 0 Å². The molecule has 21 heavy (non-hydrogen) atoms. The van der Waals surface area contributed by atoms with Crippen LogP contribution in [-0.2, 0) is 5.54 Å². The van der Waals surface area contributed by atoms with Gasteiger partial charge in [0.15, 0.2) is 0 Å². The average molecular weight is 288 g/mol. The van der Waals surface area contributed by atoms with Gasteiger partial charge in [0.05, 0.1) is 11.2 Å². The van der Waals surface area contributed by atoms with Crippen molar-refractivity contribution in [3.05, 3.63) is 66.0 Å². The Hall–Kier alpha value is -2.40. The highest BCUT2D eigenvalue weighted by atomic mass is 19.1. The summed E-state index contributed by atoms with van der Waals surface area (Å²) in [5.41, 5.74) is 0.351. The molecule has 2 amide bonds. The van der Waals surface area contributed by atoms with E-state index in [-0.39, 0.29) is 5.82 Å². The first-order chi connectivity index (χ1) is 9.90. The summed E-state index contributed by atoms with van der Waals surface area (Å²) < 4.78 is 13.0. The minimum Gasteiger partial charge on any atom is -0.327 e.